The number of nitrogens with zero attached hydrogens (tertiary/aromatic N) is 1. The Balaban J connectivity index is 2.25. The van der Waals surface area contributed by atoms with Crippen LogP contribution in [-0.4, -0.2) is 28.8 Å². The van der Waals surface area contributed by atoms with E-state index in [-0.39, 0.29) is 11.8 Å². The third kappa shape index (κ3) is 3.38. The van der Waals surface area contributed by atoms with Gasteiger partial charge in [0.05, 0.1) is 0 Å². The fraction of sp³-hybridized carbons (Fsp3) is 0.500. The number of nitrogens with one attached hydrogen (secondary N) is 1. The molecule has 0 spiro atoms. The molecule has 1 aromatic rings. The Morgan fingerprint density at radius 2 is 1.95 bits per heavy atom. The van der Waals surface area contributed by atoms with Gasteiger partial charge in [-0.2, -0.15) is 0 Å². The topological polar surface area (TPSA) is 49.4 Å². The van der Waals surface area contributed by atoms with Crippen LogP contribution in [0.5, 0.6) is 0 Å². The zero-order valence-electron chi connectivity index (χ0n) is 12.4. The van der Waals surface area contributed by atoms with E-state index >= 15 is 0 Å². The lowest BCUT2D eigenvalue weighted by Gasteiger charge is -2.38. The number of hydrogen-bond donors (Lipinski definition) is 1. The normalized spacial score (nSPS) is 22.3. The van der Waals surface area contributed by atoms with Crippen LogP contribution in [0.2, 0.25) is 5.02 Å². The highest BCUT2D eigenvalue weighted by Gasteiger charge is 2.39. The minimum atomic E-state index is -0.415. The van der Waals surface area contributed by atoms with E-state index < -0.39 is 12.1 Å². The third-order valence-corrected chi connectivity index (χ3v) is 4.21. The predicted octanol–water partition coefficient (Wildman–Crippen LogP) is 2.75. The molecule has 5 heteroatoms. The quantitative estimate of drug-likeness (QED) is 0.909. The molecule has 2 unspecified atom stereocenters. The van der Waals surface area contributed by atoms with Gasteiger partial charge in [0.25, 0.3) is 0 Å². The van der Waals surface area contributed by atoms with Crippen molar-refractivity contribution in [1.82, 2.24) is 10.2 Å². The summed E-state index contributed by atoms with van der Waals surface area (Å²) in [6.45, 7) is 4.30. The Morgan fingerprint density at radius 3 is 2.57 bits per heavy atom. The molecule has 1 aliphatic rings. The second-order valence-electron chi connectivity index (χ2n) is 5.33. The summed E-state index contributed by atoms with van der Waals surface area (Å²) in [6.07, 6.45) is 2.12. The molecule has 21 heavy (non-hydrogen) atoms. The van der Waals surface area contributed by atoms with Crippen LogP contribution in [-0.2, 0) is 16.1 Å². The van der Waals surface area contributed by atoms with Crippen molar-refractivity contribution < 1.29 is 9.59 Å². The van der Waals surface area contributed by atoms with Gasteiger partial charge in [-0.3, -0.25) is 9.59 Å². The van der Waals surface area contributed by atoms with E-state index in [4.69, 9.17) is 11.6 Å². The van der Waals surface area contributed by atoms with Crippen LogP contribution in [0.4, 0.5) is 0 Å². The summed E-state index contributed by atoms with van der Waals surface area (Å²) >= 11 is 6.18. The van der Waals surface area contributed by atoms with E-state index in [1.165, 1.54) is 0 Å². The first-order valence-corrected chi connectivity index (χ1v) is 7.80. The maximum absolute atomic E-state index is 12.6. The second-order valence-corrected chi connectivity index (χ2v) is 5.74. The van der Waals surface area contributed by atoms with Crippen molar-refractivity contribution in [2.45, 2.75) is 51.7 Å². The number of benzene rings is 1. The SMILES string of the molecule is CCCC1NC(=O)C(CC)N(Cc2ccccc2Cl)C1=O. The number of rotatable bonds is 5. The molecule has 0 aliphatic carbocycles. The summed E-state index contributed by atoms with van der Waals surface area (Å²) in [5.74, 6) is -0.0779. The van der Waals surface area contributed by atoms with Crippen LogP contribution in [0, 0.1) is 0 Å². The van der Waals surface area contributed by atoms with Gasteiger partial charge in [-0.15, -0.1) is 0 Å². The highest BCUT2D eigenvalue weighted by molar-refractivity contribution is 6.31. The molecule has 1 saturated heterocycles. The number of carbonyl (C=O) groups is 2. The van der Waals surface area contributed by atoms with Crippen LogP contribution in [0.1, 0.15) is 38.7 Å². The van der Waals surface area contributed by atoms with Gasteiger partial charge >= 0.3 is 0 Å². The highest BCUT2D eigenvalue weighted by atomic mass is 35.5. The molecule has 2 atom stereocenters. The van der Waals surface area contributed by atoms with Crippen LogP contribution < -0.4 is 5.32 Å². The molecule has 114 valence electrons. The fourth-order valence-electron chi connectivity index (χ4n) is 2.71. The molecule has 0 radical (unpaired) electrons. The van der Waals surface area contributed by atoms with Crippen molar-refractivity contribution in [2.24, 2.45) is 0 Å². The molecular weight excluding hydrogens is 288 g/mol. The molecular formula is C16H21ClN2O2. The van der Waals surface area contributed by atoms with Gasteiger partial charge in [-0.05, 0) is 24.5 Å². The van der Waals surface area contributed by atoms with Gasteiger partial charge in [0, 0.05) is 11.6 Å². The lowest BCUT2D eigenvalue weighted by molar-refractivity contribution is -0.150. The maximum atomic E-state index is 12.6. The molecule has 1 fully saturated rings. The third-order valence-electron chi connectivity index (χ3n) is 3.84. The Kier molecular flexibility index (Phi) is 5.23. The van der Waals surface area contributed by atoms with E-state index in [2.05, 4.69) is 5.32 Å². The van der Waals surface area contributed by atoms with E-state index in [9.17, 15) is 9.59 Å². The number of halogens is 1. The molecule has 0 aromatic heterocycles. The van der Waals surface area contributed by atoms with Crippen molar-refractivity contribution >= 4 is 23.4 Å². The van der Waals surface area contributed by atoms with Crippen molar-refractivity contribution in [3.05, 3.63) is 34.9 Å². The minimum absolute atomic E-state index is 0.0109. The molecule has 0 saturated carbocycles. The first-order valence-electron chi connectivity index (χ1n) is 7.42. The minimum Gasteiger partial charge on any atom is -0.343 e. The monoisotopic (exact) mass is 308 g/mol. The second kappa shape index (κ2) is 6.94. The Labute approximate surface area is 130 Å². The maximum Gasteiger partial charge on any atom is 0.246 e. The summed E-state index contributed by atoms with van der Waals surface area (Å²) in [6, 6.07) is 6.61. The van der Waals surface area contributed by atoms with Gasteiger partial charge in [-0.1, -0.05) is 50.1 Å². The van der Waals surface area contributed by atoms with Gasteiger partial charge in [0.1, 0.15) is 12.1 Å². The number of carbonyl (C=O) groups excluding carboxylic acids is 2. The van der Waals surface area contributed by atoms with Crippen molar-refractivity contribution in [3.8, 4) is 0 Å². The zero-order chi connectivity index (χ0) is 15.4. The van der Waals surface area contributed by atoms with Gasteiger partial charge < -0.3 is 10.2 Å². The zero-order valence-corrected chi connectivity index (χ0v) is 13.2. The Hall–Kier alpha value is -1.55. The molecule has 0 bridgehead atoms. The summed E-state index contributed by atoms with van der Waals surface area (Å²) in [4.78, 5) is 26.5. The summed E-state index contributed by atoms with van der Waals surface area (Å²) in [7, 11) is 0. The van der Waals surface area contributed by atoms with E-state index in [1.54, 1.807) is 11.0 Å². The van der Waals surface area contributed by atoms with E-state index in [0.29, 0.717) is 24.4 Å². The molecule has 1 N–H and O–H groups in total. The van der Waals surface area contributed by atoms with E-state index in [1.807, 2.05) is 32.0 Å². The molecule has 2 amide bonds. The molecule has 2 rings (SSSR count). The summed E-state index contributed by atoms with van der Waals surface area (Å²) < 4.78 is 0. The standard InChI is InChI=1S/C16H21ClN2O2/c1-3-7-13-16(21)19(14(4-2)15(20)18-13)10-11-8-5-6-9-12(11)17/h5-6,8-9,13-14H,3-4,7,10H2,1-2H3,(H,18,20). The van der Waals surface area contributed by atoms with Crippen LogP contribution in [0.15, 0.2) is 24.3 Å². The fourth-order valence-corrected chi connectivity index (χ4v) is 2.91. The van der Waals surface area contributed by atoms with Crippen LogP contribution in [0.3, 0.4) is 0 Å². The van der Waals surface area contributed by atoms with Gasteiger partial charge in [0.2, 0.25) is 11.8 Å². The average Bonchev–Trinajstić information content (AvgIpc) is 2.46. The van der Waals surface area contributed by atoms with E-state index in [0.717, 1.165) is 12.0 Å². The van der Waals surface area contributed by atoms with Crippen LogP contribution in [0.25, 0.3) is 0 Å². The Bertz CT molecular complexity index is 533. The summed E-state index contributed by atoms with van der Waals surface area (Å²) in [5.41, 5.74) is 0.871. The smallest absolute Gasteiger partial charge is 0.246 e. The lowest BCUT2D eigenvalue weighted by Crippen LogP contribution is -2.62. The van der Waals surface area contributed by atoms with Crippen LogP contribution >= 0.6 is 11.6 Å². The molecule has 4 nitrogen and oxygen atoms in total. The lowest BCUT2D eigenvalue weighted by atomic mass is 10.0. The summed E-state index contributed by atoms with van der Waals surface area (Å²) in [5, 5.41) is 3.46. The predicted molar refractivity (Wildman–Crippen MR) is 82.9 cm³/mol. The molecule has 1 aromatic carbocycles. The van der Waals surface area contributed by atoms with Gasteiger partial charge in [0.15, 0.2) is 0 Å². The van der Waals surface area contributed by atoms with Crippen molar-refractivity contribution in [3.63, 3.8) is 0 Å². The van der Waals surface area contributed by atoms with Crippen molar-refractivity contribution in [1.29, 1.82) is 0 Å². The first kappa shape index (κ1) is 15.8. The average molecular weight is 309 g/mol. The largest absolute Gasteiger partial charge is 0.343 e. The van der Waals surface area contributed by atoms with Gasteiger partial charge in [-0.25, -0.2) is 0 Å². The van der Waals surface area contributed by atoms with Crippen molar-refractivity contribution in [2.75, 3.05) is 0 Å². The highest BCUT2D eigenvalue weighted by Crippen LogP contribution is 2.22. The number of piperazine rings is 1. The first-order chi connectivity index (χ1) is 10.1. The number of amides is 2. The molecule has 1 heterocycles. The molecule has 1 aliphatic heterocycles. The number of hydrogen-bond acceptors (Lipinski definition) is 2. The Morgan fingerprint density at radius 1 is 1.24 bits per heavy atom.